The predicted molar refractivity (Wildman–Crippen MR) is 57.3 cm³/mol. The van der Waals surface area contributed by atoms with Gasteiger partial charge in [-0.15, -0.1) is 0 Å². The highest BCUT2D eigenvalue weighted by molar-refractivity contribution is 5.42. The lowest BCUT2D eigenvalue weighted by Gasteiger charge is -2.22. The summed E-state index contributed by atoms with van der Waals surface area (Å²) in [5, 5.41) is 3.32. The lowest BCUT2D eigenvalue weighted by molar-refractivity contribution is 0.180. The standard InChI is InChI=1S/C11H16N2O/c12-11(6-7-14-9-11)8-13-10-4-2-1-3-5-10/h1-5,13H,6-9,12H2. The van der Waals surface area contributed by atoms with Gasteiger partial charge >= 0.3 is 0 Å². The Morgan fingerprint density at radius 1 is 1.36 bits per heavy atom. The van der Waals surface area contributed by atoms with Crippen LogP contribution in [0.4, 0.5) is 5.69 Å². The van der Waals surface area contributed by atoms with E-state index in [2.05, 4.69) is 5.32 Å². The molecule has 0 amide bonds. The zero-order valence-electron chi connectivity index (χ0n) is 8.20. The van der Waals surface area contributed by atoms with E-state index < -0.39 is 0 Å². The molecule has 0 saturated carbocycles. The molecular formula is C11H16N2O. The van der Waals surface area contributed by atoms with Crippen molar-refractivity contribution in [2.45, 2.75) is 12.0 Å². The van der Waals surface area contributed by atoms with Crippen LogP contribution in [0.2, 0.25) is 0 Å². The molecule has 1 aromatic rings. The van der Waals surface area contributed by atoms with Gasteiger partial charge in [-0.3, -0.25) is 0 Å². The summed E-state index contributed by atoms with van der Waals surface area (Å²) >= 11 is 0. The molecule has 1 aromatic carbocycles. The molecule has 1 fully saturated rings. The lowest BCUT2D eigenvalue weighted by atomic mass is 10.0. The van der Waals surface area contributed by atoms with Crippen LogP contribution < -0.4 is 11.1 Å². The summed E-state index contributed by atoms with van der Waals surface area (Å²) in [5.74, 6) is 0. The van der Waals surface area contributed by atoms with E-state index in [1.165, 1.54) is 0 Å². The number of para-hydroxylation sites is 1. The van der Waals surface area contributed by atoms with Crippen LogP contribution in [0.5, 0.6) is 0 Å². The second-order valence-electron chi connectivity index (χ2n) is 3.88. The first-order chi connectivity index (χ1) is 6.79. The van der Waals surface area contributed by atoms with Crippen molar-refractivity contribution in [3.63, 3.8) is 0 Å². The largest absolute Gasteiger partial charge is 0.383 e. The molecule has 0 bridgehead atoms. The summed E-state index contributed by atoms with van der Waals surface area (Å²) in [5.41, 5.74) is 7.05. The molecule has 2 rings (SSSR count). The molecule has 0 aromatic heterocycles. The van der Waals surface area contributed by atoms with Crippen LogP contribution in [-0.2, 0) is 4.74 Å². The summed E-state index contributed by atoms with van der Waals surface area (Å²) in [6.45, 7) is 2.22. The molecule has 0 radical (unpaired) electrons. The van der Waals surface area contributed by atoms with Crippen molar-refractivity contribution >= 4 is 5.69 Å². The number of ether oxygens (including phenoxy) is 1. The SMILES string of the molecule is NC1(CNc2ccccc2)CCOC1. The highest BCUT2D eigenvalue weighted by atomic mass is 16.5. The van der Waals surface area contributed by atoms with E-state index in [9.17, 15) is 0 Å². The first-order valence-corrected chi connectivity index (χ1v) is 4.94. The normalized spacial score (nSPS) is 26.4. The van der Waals surface area contributed by atoms with Gasteiger partial charge in [-0.1, -0.05) is 18.2 Å². The van der Waals surface area contributed by atoms with Crippen LogP contribution in [0.25, 0.3) is 0 Å². The van der Waals surface area contributed by atoms with Crippen LogP contribution in [-0.4, -0.2) is 25.3 Å². The number of hydrogen-bond donors (Lipinski definition) is 2. The van der Waals surface area contributed by atoms with Crippen LogP contribution in [0.1, 0.15) is 6.42 Å². The fraction of sp³-hybridized carbons (Fsp3) is 0.455. The quantitative estimate of drug-likeness (QED) is 0.757. The van der Waals surface area contributed by atoms with E-state index in [1.54, 1.807) is 0 Å². The smallest absolute Gasteiger partial charge is 0.0664 e. The Kier molecular flexibility index (Phi) is 2.70. The van der Waals surface area contributed by atoms with Gasteiger partial charge in [-0.05, 0) is 18.6 Å². The van der Waals surface area contributed by atoms with Crippen molar-refractivity contribution < 1.29 is 4.74 Å². The van der Waals surface area contributed by atoms with Gasteiger partial charge in [0.05, 0.1) is 12.1 Å². The molecule has 1 aliphatic heterocycles. The van der Waals surface area contributed by atoms with E-state index in [0.29, 0.717) is 6.61 Å². The molecule has 3 nitrogen and oxygen atoms in total. The van der Waals surface area contributed by atoms with Crippen molar-refractivity contribution in [1.82, 2.24) is 0 Å². The first kappa shape index (κ1) is 9.49. The molecule has 1 aliphatic rings. The Morgan fingerprint density at radius 3 is 2.79 bits per heavy atom. The Morgan fingerprint density at radius 2 is 2.14 bits per heavy atom. The topological polar surface area (TPSA) is 47.3 Å². The molecule has 3 N–H and O–H groups in total. The molecule has 1 unspecified atom stereocenters. The van der Waals surface area contributed by atoms with E-state index in [4.69, 9.17) is 10.5 Å². The molecule has 1 heterocycles. The minimum atomic E-state index is -0.185. The van der Waals surface area contributed by atoms with Gasteiger partial charge in [0.25, 0.3) is 0 Å². The molecule has 0 aliphatic carbocycles. The van der Waals surface area contributed by atoms with Crippen LogP contribution >= 0.6 is 0 Å². The Hall–Kier alpha value is -1.06. The number of rotatable bonds is 3. The average molecular weight is 192 g/mol. The zero-order chi connectivity index (χ0) is 9.86. The van der Waals surface area contributed by atoms with E-state index in [0.717, 1.165) is 25.3 Å². The van der Waals surface area contributed by atoms with Gasteiger partial charge in [-0.2, -0.15) is 0 Å². The third-order valence-electron chi connectivity index (χ3n) is 2.55. The Balaban J connectivity index is 1.88. The number of anilines is 1. The van der Waals surface area contributed by atoms with Crippen molar-refractivity contribution in [2.24, 2.45) is 5.73 Å². The van der Waals surface area contributed by atoms with E-state index in [1.807, 2.05) is 30.3 Å². The molecule has 0 spiro atoms. The Labute approximate surface area is 84.3 Å². The third kappa shape index (κ3) is 2.25. The number of benzene rings is 1. The maximum Gasteiger partial charge on any atom is 0.0664 e. The summed E-state index contributed by atoms with van der Waals surface area (Å²) in [4.78, 5) is 0. The summed E-state index contributed by atoms with van der Waals surface area (Å²) in [7, 11) is 0. The second-order valence-corrected chi connectivity index (χ2v) is 3.88. The fourth-order valence-electron chi connectivity index (χ4n) is 1.60. The molecule has 14 heavy (non-hydrogen) atoms. The van der Waals surface area contributed by atoms with Crippen molar-refractivity contribution in [2.75, 3.05) is 25.1 Å². The maximum atomic E-state index is 6.12. The maximum absolute atomic E-state index is 6.12. The molecule has 3 heteroatoms. The monoisotopic (exact) mass is 192 g/mol. The number of hydrogen-bond acceptors (Lipinski definition) is 3. The van der Waals surface area contributed by atoms with Crippen LogP contribution in [0.3, 0.4) is 0 Å². The average Bonchev–Trinajstić information content (AvgIpc) is 2.65. The predicted octanol–water partition coefficient (Wildman–Crippen LogP) is 1.22. The minimum absolute atomic E-state index is 0.185. The highest BCUT2D eigenvalue weighted by Gasteiger charge is 2.29. The molecular weight excluding hydrogens is 176 g/mol. The Bertz CT molecular complexity index is 281. The van der Waals surface area contributed by atoms with Gasteiger partial charge in [0.15, 0.2) is 0 Å². The lowest BCUT2D eigenvalue weighted by Crippen LogP contribution is -2.46. The van der Waals surface area contributed by atoms with Gasteiger partial charge in [0.1, 0.15) is 0 Å². The van der Waals surface area contributed by atoms with Crippen molar-refractivity contribution in [3.05, 3.63) is 30.3 Å². The van der Waals surface area contributed by atoms with Gasteiger partial charge in [0, 0.05) is 18.8 Å². The zero-order valence-corrected chi connectivity index (χ0v) is 8.20. The summed E-state index contributed by atoms with van der Waals surface area (Å²) in [6, 6.07) is 10.1. The van der Waals surface area contributed by atoms with Crippen molar-refractivity contribution in [3.8, 4) is 0 Å². The van der Waals surface area contributed by atoms with E-state index in [-0.39, 0.29) is 5.54 Å². The van der Waals surface area contributed by atoms with Crippen molar-refractivity contribution in [1.29, 1.82) is 0 Å². The number of nitrogens with two attached hydrogens (primary N) is 1. The molecule has 76 valence electrons. The molecule has 1 saturated heterocycles. The van der Waals surface area contributed by atoms with Crippen LogP contribution in [0.15, 0.2) is 30.3 Å². The van der Waals surface area contributed by atoms with E-state index >= 15 is 0 Å². The second kappa shape index (κ2) is 3.98. The first-order valence-electron chi connectivity index (χ1n) is 4.94. The van der Waals surface area contributed by atoms with Gasteiger partial charge < -0.3 is 15.8 Å². The van der Waals surface area contributed by atoms with Crippen LogP contribution in [0, 0.1) is 0 Å². The molecule has 1 atom stereocenters. The third-order valence-corrected chi connectivity index (χ3v) is 2.55. The van der Waals surface area contributed by atoms with Gasteiger partial charge in [-0.25, -0.2) is 0 Å². The highest BCUT2D eigenvalue weighted by Crippen LogP contribution is 2.16. The summed E-state index contributed by atoms with van der Waals surface area (Å²) in [6.07, 6.45) is 0.937. The van der Waals surface area contributed by atoms with Gasteiger partial charge in [0.2, 0.25) is 0 Å². The minimum Gasteiger partial charge on any atom is -0.383 e. The summed E-state index contributed by atoms with van der Waals surface area (Å²) < 4.78 is 5.28. The number of nitrogens with one attached hydrogen (secondary N) is 1. The fourth-order valence-corrected chi connectivity index (χ4v) is 1.60.